The lowest BCUT2D eigenvalue weighted by atomic mass is 10.1. The molecule has 0 radical (unpaired) electrons. The second kappa shape index (κ2) is 8.92. The number of hydrogen-bond acceptors (Lipinski definition) is 4. The molecular weight excluding hydrogens is 402 g/mol. The minimum atomic E-state index is -0.167. The van der Waals surface area contributed by atoms with Crippen molar-refractivity contribution >= 4 is 28.5 Å². The van der Waals surface area contributed by atoms with Crippen molar-refractivity contribution in [1.29, 1.82) is 0 Å². The van der Waals surface area contributed by atoms with Crippen LogP contribution in [0.5, 0.6) is 0 Å². The van der Waals surface area contributed by atoms with Gasteiger partial charge in [0.15, 0.2) is 5.65 Å². The normalized spacial score (nSPS) is 11.0. The third kappa shape index (κ3) is 4.58. The van der Waals surface area contributed by atoms with Crippen LogP contribution in [0.25, 0.3) is 11.0 Å². The molecule has 152 valence electrons. The van der Waals surface area contributed by atoms with Crippen molar-refractivity contribution in [3.05, 3.63) is 93.6 Å². The smallest absolute Gasteiger partial charge is 0.264 e. The Hall–Kier alpha value is -3.45. The van der Waals surface area contributed by atoms with Gasteiger partial charge in [-0.05, 0) is 23.3 Å². The van der Waals surface area contributed by atoms with Gasteiger partial charge >= 0.3 is 0 Å². The average molecular weight is 422 g/mol. The van der Waals surface area contributed by atoms with E-state index < -0.39 is 0 Å². The highest BCUT2D eigenvalue weighted by atomic mass is 35.5. The monoisotopic (exact) mass is 421 g/mol. The number of halogens is 1. The molecule has 0 fully saturated rings. The number of amides is 1. The van der Waals surface area contributed by atoms with Crippen LogP contribution in [0.3, 0.4) is 0 Å². The Kier molecular flexibility index (Phi) is 5.90. The Morgan fingerprint density at radius 2 is 1.87 bits per heavy atom. The summed E-state index contributed by atoms with van der Waals surface area (Å²) in [7, 11) is 0. The molecule has 0 unspecified atom stereocenters. The summed E-state index contributed by atoms with van der Waals surface area (Å²) < 4.78 is 3.16. The van der Waals surface area contributed by atoms with Crippen molar-refractivity contribution in [2.75, 3.05) is 6.54 Å². The first-order valence-electron chi connectivity index (χ1n) is 9.56. The van der Waals surface area contributed by atoms with Crippen molar-refractivity contribution in [2.24, 2.45) is 0 Å². The van der Waals surface area contributed by atoms with Crippen LogP contribution in [0.15, 0.2) is 71.9 Å². The highest BCUT2D eigenvalue weighted by molar-refractivity contribution is 6.30. The summed E-state index contributed by atoms with van der Waals surface area (Å²) in [6.07, 6.45) is 3.36. The quantitative estimate of drug-likeness (QED) is 0.497. The van der Waals surface area contributed by atoms with Gasteiger partial charge in [0.1, 0.15) is 11.7 Å². The number of benzene rings is 2. The Morgan fingerprint density at radius 1 is 1.07 bits per heavy atom. The van der Waals surface area contributed by atoms with E-state index in [1.165, 1.54) is 17.1 Å². The lowest BCUT2D eigenvalue weighted by Gasteiger charge is -2.08. The maximum Gasteiger partial charge on any atom is 0.264 e. The second-order valence-electron chi connectivity index (χ2n) is 6.92. The van der Waals surface area contributed by atoms with Gasteiger partial charge in [0.25, 0.3) is 5.56 Å². The summed E-state index contributed by atoms with van der Waals surface area (Å²) in [6.45, 7) is 1.20. The summed E-state index contributed by atoms with van der Waals surface area (Å²) in [5.41, 5.74) is 2.21. The maximum absolute atomic E-state index is 12.8. The van der Waals surface area contributed by atoms with E-state index in [4.69, 9.17) is 11.6 Å². The van der Waals surface area contributed by atoms with Gasteiger partial charge < -0.3 is 5.32 Å². The molecule has 0 bridgehead atoms. The molecule has 2 aromatic carbocycles. The third-order valence-electron chi connectivity index (χ3n) is 4.72. The van der Waals surface area contributed by atoms with E-state index in [0.29, 0.717) is 42.1 Å². The van der Waals surface area contributed by atoms with E-state index in [2.05, 4.69) is 15.4 Å². The summed E-state index contributed by atoms with van der Waals surface area (Å²) in [6, 6.07) is 16.9. The highest BCUT2D eigenvalue weighted by Crippen LogP contribution is 2.12. The van der Waals surface area contributed by atoms with Crippen LogP contribution < -0.4 is 10.9 Å². The first-order valence-corrected chi connectivity index (χ1v) is 9.94. The summed E-state index contributed by atoms with van der Waals surface area (Å²) in [5.74, 6) is -0.0606. The number of nitrogens with one attached hydrogen (secondary N) is 1. The van der Waals surface area contributed by atoms with Crippen LogP contribution >= 0.6 is 11.6 Å². The predicted molar refractivity (Wildman–Crippen MR) is 115 cm³/mol. The van der Waals surface area contributed by atoms with Crippen LogP contribution in [0.2, 0.25) is 5.02 Å². The van der Waals surface area contributed by atoms with Crippen LogP contribution in [-0.4, -0.2) is 31.8 Å². The lowest BCUT2D eigenvalue weighted by molar-refractivity contribution is -0.120. The molecule has 0 atom stereocenters. The number of fused-ring (bicyclic) bond motifs is 1. The van der Waals surface area contributed by atoms with E-state index in [0.717, 1.165) is 11.1 Å². The zero-order chi connectivity index (χ0) is 20.9. The Morgan fingerprint density at radius 3 is 2.67 bits per heavy atom. The molecule has 1 amide bonds. The van der Waals surface area contributed by atoms with Gasteiger partial charge in [-0.15, -0.1) is 0 Å². The number of nitrogens with zero attached hydrogens (tertiary/aromatic N) is 4. The molecule has 2 heterocycles. The fourth-order valence-electron chi connectivity index (χ4n) is 3.25. The highest BCUT2D eigenvalue weighted by Gasteiger charge is 2.11. The van der Waals surface area contributed by atoms with Gasteiger partial charge in [-0.25, -0.2) is 9.67 Å². The largest absolute Gasteiger partial charge is 0.354 e. The molecule has 1 N–H and O–H groups in total. The van der Waals surface area contributed by atoms with Crippen molar-refractivity contribution in [1.82, 2.24) is 24.6 Å². The van der Waals surface area contributed by atoms with E-state index in [1.54, 1.807) is 10.7 Å². The minimum Gasteiger partial charge on any atom is -0.354 e. The van der Waals surface area contributed by atoms with Crippen molar-refractivity contribution in [3.8, 4) is 0 Å². The van der Waals surface area contributed by atoms with Gasteiger partial charge in [-0.3, -0.25) is 14.2 Å². The van der Waals surface area contributed by atoms with Gasteiger partial charge in [-0.1, -0.05) is 54.1 Å². The zero-order valence-electron chi connectivity index (χ0n) is 16.2. The number of carbonyl (C=O) groups is 1. The molecule has 0 aliphatic heterocycles. The molecule has 0 spiro atoms. The first kappa shape index (κ1) is 19.8. The molecule has 8 heteroatoms. The minimum absolute atomic E-state index is 0.0606. The molecule has 0 aliphatic rings. The van der Waals surface area contributed by atoms with Crippen molar-refractivity contribution in [3.63, 3.8) is 0 Å². The van der Waals surface area contributed by atoms with Crippen LogP contribution in [0.1, 0.15) is 11.1 Å². The SMILES string of the molecule is O=C(Cc1ccccc1)NCCn1ncc2c(=O)n(Cc3cccc(Cl)c3)cnc21. The predicted octanol–water partition coefficient (Wildman–Crippen LogP) is 2.65. The maximum atomic E-state index is 12.8. The molecule has 0 saturated heterocycles. The van der Waals surface area contributed by atoms with Crippen LogP contribution in [0, 0.1) is 0 Å². The Labute approximate surface area is 177 Å². The fraction of sp³-hybridized carbons (Fsp3) is 0.182. The van der Waals surface area contributed by atoms with Crippen LogP contribution in [-0.2, 0) is 24.3 Å². The summed E-state index contributed by atoms with van der Waals surface area (Å²) >= 11 is 6.02. The molecule has 0 saturated carbocycles. The van der Waals surface area contributed by atoms with Crippen LogP contribution in [0.4, 0.5) is 0 Å². The number of aromatic nitrogens is 4. The first-order chi connectivity index (χ1) is 14.6. The third-order valence-corrected chi connectivity index (χ3v) is 4.95. The Balaban J connectivity index is 1.41. The fourth-order valence-corrected chi connectivity index (χ4v) is 3.46. The van der Waals surface area contributed by atoms with Crippen molar-refractivity contribution in [2.45, 2.75) is 19.5 Å². The van der Waals surface area contributed by atoms with E-state index in [1.807, 2.05) is 48.5 Å². The summed E-state index contributed by atoms with van der Waals surface area (Å²) in [4.78, 5) is 29.3. The Bertz CT molecular complexity index is 1230. The number of rotatable bonds is 7. The second-order valence-corrected chi connectivity index (χ2v) is 7.36. The van der Waals surface area contributed by atoms with E-state index in [9.17, 15) is 9.59 Å². The van der Waals surface area contributed by atoms with E-state index >= 15 is 0 Å². The summed E-state index contributed by atoms with van der Waals surface area (Å²) in [5, 5.41) is 8.20. The van der Waals surface area contributed by atoms with Gasteiger partial charge in [-0.2, -0.15) is 5.10 Å². The molecule has 7 nitrogen and oxygen atoms in total. The topological polar surface area (TPSA) is 81.8 Å². The standard InChI is InChI=1S/C22H20ClN5O2/c23-18-8-4-7-17(11-18)14-27-15-25-21-19(22(27)30)13-26-28(21)10-9-24-20(29)12-16-5-2-1-3-6-16/h1-8,11,13,15H,9-10,12,14H2,(H,24,29). The molecule has 4 rings (SSSR count). The van der Waals surface area contributed by atoms with E-state index in [-0.39, 0.29) is 11.5 Å². The number of hydrogen-bond donors (Lipinski definition) is 1. The number of carbonyl (C=O) groups excluding carboxylic acids is 1. The molecule has 30 heavy (non-hydrogen) atoms. The van der Waals surface area contributed by atoms with Gasteiger partial charge in [0.05, 0.1) is 25.7 Å². The van der Waals surface area contributed by atoms with Gasteiger partial charge in [0.2, 0.25) is 5.91 Å². The molecule has 0 aliphatic carbocycles. The molecule has 2 aromatic heterocycles. The molecule has 4 aromatic rings. The zero-order valence-corrected chi connectivity index (χ0v) is 16.9. The van der Waals surface area contributed by atoms with Crippen molar-refractivity contribution < 1.29 is 4.79 Å². The average Bonchev–Trinajstić information content (AvgIpc) is 3.15. The molecular formula is C22H20ClN5O2. The lowest BCUT2D eigenvalue weighted by Crippen LogP contribution is -2.29. The van der Waals surface area contributed by atoms with Gasteiger partial charge in [0, 0.05) is 11.6 Å².